The lowest BCUT2D eigenvalue weighted by atomic mass is 10.3. The summed E-state index contributed by atoms with van der Waals surface area (Å²) in [6, 6.07) is 3.32. The molecule has 0 radical (unpaired) electrons. The highest BCUT2D eigenvalue weighted by atomic mass is 35.5. The molecule has 0 fully saturated rings. The van der Waals surface area contributed by atoms with E-state index in [0.29, 0.717) is 6.54 Å². The average molecular weight is 263 g/mol. The zero-order chi connectivity index (χ0) is 12.0. The zero-order valence-corrected chi connectivity index (χ0v) is 10.6. The smallest absolute Gasteiger partial charge is 0.322 e. The first-order valence-electron chi connectivity index (χ1n) is 4.98. The molecule has 0 bridgehead atoms. The number of carboxylic acid groups (broad SMARTS) is 1. The summed E-state index contributed by atoms with van der Waals surface area (Å²) in [6.45, 7) is 1.17. The second-order valence-corrected chi connectivity index (χ2v) is 5.14. The van der Waals surface area contributed by atoms with Crippen LogP contribution < -0.4 is 10.6 Å². The minimum absolute atomic E-state index is 0.422. The monoisotopic (exact) mass is 262 g/mol. The number of hydrogen-bond donors (Lipinski definition) is 3. The van der Waals surface area contributed by atoms with Gasteiger partial charge in [-0.05, 0) is 25.6 Å². The number of carbonyl (C=O) groups is 1. The van der Waals surface area contributed by atoms with Gasteiger partial charge in [-0.2, -0.15) is 0 Å². The fourth-order valence-electron chi connectivity index (χ4n) is 1.26. The van der Waals surface area contributed by atoms with Crippen molar-refractivity contribution in [2.75, 3.05) is 20.1 Å². The van der Waals surface area contributed by atoms with Crippen LogP contribution in [0.25, 0.3) is 0 Å². The normalized spacial score (nSPS) is 12.6. The van der Waals surface area contributed by atoms with Crippen LogP contribution in [0, 0.1) is 0 Å². The minimum Gasteiger partial charge on any atom is -0.480 e. The number of likely N-dealkylation sites (N-methyl/N-ethyl adjacent to an activating group) is 1. The Morgan fingerprint density at radius 1 is 1.62 bits per heavy atom. The van der Waals surface area contributed by atoms with Crippen LogP contribution in [0.4, 0.5) is 0 Å². The first-order chi connectivity index (χ1) is 7.63. The van der Waals surface area contributed by atoms with Crippen LogP contribution in [-0.4, -0.2) is 37.3 Å². The lowest BCUT2D eigenvalue weighted by molar-refractivity contribution is -0.139. The third kappa shape index (κ3) is 4.49. The number of thiophene rings is 1. The van der Waals surface area contributed by atoms with Crippen LogP contribution in [0.15, 0.2) is 12.1 Å². The highest BCUT2D eigenvalue weighted by Crippen LogP contribution is 2.21. The van der Waals surface area contributed by atoms with Gasteiger partial charge in [-0.15, -0.1) is 11.3 Å². The van der Waals surface area contributed by atoms with Crippen molar-refractivity contribution in [1.29, 1.82) is 0 Å². The number of nitrogens with one attached hydrogen (secondary N) is 2. The summed E-state index contributed by atoms with van der Waals surface area (Å²) in [5, 5.41) is 14.6. The Labute approximate surface area is 104 Å². The molecule has 0 aromatic carbocycles. The standard InChI is InChI=1S/C10H15ClN2O2S/c1-12-8(10(14)15)6-13-5-4-7-2-3-9(11)16-7/h2-3,8,12-13H,4-6H2,1H3,(H,14,15). The van der Waals surface area contributed by atoms with E-state index in [2.05, 4.69) is 10.6 Å². The van der Waals surface area contributed by atoms with Crippen LogP contribution in [0.3, 0.4) is 0 Å². The predicted molar refractivity (Wildman–Crippen MR) is 66.4 cm³/mol. The van der Waals surface area contributed by atoms with Gasteiger partial charge in [-0.25, -0.2) is 0 Å². The second-order valence-electron chi connectivity index (χ2n) is 3.34. The summed E-state index contributed by atoms with van der Waals surface area (Å²) in [6.07, 6.45) is 0.868. The van der Waals surface area contributed by atoms with E-state index in [1.807, 2.05) is 12.1 Å². The van der Waals surface area contributed by atoms with Crippen LogP contribution >= 0.6 is 22.9 Å². The first kappa shape index (κ1) is 13.4. The van der Waals surface area contributed by atoms with E-state index in [-0.39, 0.29) is 0 Å². The Morgan fingerprint density at radius 2 is 2.38 bits per heavy atom. The molecule has 1 atom stereocenters. The van der Waals surface area contributed by atoms with Gasteiger partial charge in [-0.3, -0.25) is 4.79 Å². The molecule has 0 saturated heterocycles. The van der Waals surface area contributed by atoms with E-state index in [1.165, 1.54) is 4.88 Å². The highest BCUT2D eigenvalue weighted by Gasteiger charge is 2.13. The molecule has 0 spiro atoms. The lowest BCUT2D eigenvalue weighted by Gasteiger charge is -2.11. The van der Waals surface area contributed by atoms with Crippen molar-refractivity contribution in [3.8, 4) is 0 Å². The van der Waals surface area contributed by atoms with Crippen molar-refractivity contribution in [3.63, 3.8) is 0 Å². The second kappa shape index (κ2) is 6.85. The largest absolute Gasteiger partial charge is 0.480 e. The Hall–Kier alpha value is -0.620. The fraction of sp³-hybridized carbons (Fsp3) is 0.500. The van der Waals surface area contributed by atoms with Crippen LogP contribution in [0.2, 0.25) is 4.34 Å². The fourth-order valence-corrected chi connectivity index (χ4v) is 2.34. The quantitative estimate of drug-likeness (QED) is 0.647. The summed E-state index contributed by atoms with van der Waals surface area (Å²) < 4.78 is 0.786. The molecule has 0 amide bonds. The van der Waals surface area contributed by atoms with Gasteiger partial charge in [0.05, 0.1) is 4.34 Å². The van der Waals surface area contributed by atoms with Gasteiger partial charge in [0.1, 0.15) is 6.04 Å². The highest BCUT2D eigenvalue weighted by molar-refractivity contribution is 7.16. The molecule has 0 aliphatic carbocycles. The summed E-state index contributed by atoms with van der Waals surface area (Å²) in [4.78, 5) is 11.9. The van der Waals surface area contributed by atoms with Crippen molar-refractivity contribution in [2.24, 2.45) is 0 Å². The van der Waals surface area contributed by atoms with Gasteiger partial charge in [-0.1, -0.05) is 11.6 Å². The van der Waals surface area contributed by atoms with E-state index in [0.717, 1.165) is 17.3 Å². The lowest BCUT2D eigenvalue weighted by Crippen LogP contribution is -2.43. The Balaban J connectivity index is 2.18. The number of hydrogen-bond acceptors (Lipinski definition) is 4. The molecule has 1 aromatic heterocycles. The molecule has 0 saturated carbocycles. The van der Waals surface area contributed by atoms with E-state index in [1.54, 1.807) is 18.4 Å². The van der Waals surface area contributed by atoms with Gasteiger partial charge < -0.3 is 15.7 Å². The van der Waals surface area contributed by atoms with Crippen LogP contribution in [-0.2, 0) is 11.2 Å². The molecule has 6 heteroatoms. The van der Waals surface area contributed by atoms with E-state index in [4.69, 9.17) is 16.7 Å². The third-order valence-electron chi connectivity index (χ3n) is 2.17. The van der Waals surface area contributed by atoms with Crippen LogP contribution in [0.1, 0.15) is 4.88 Å². The van der Waals surface area contributed by atoms with E-state index in [9.17, 15) is 4.79 Å². The topological polar surface area (TPSA) is 61.4 Å². The molecule has 3 N–H and O–H groups in total. The van der Waals surface area contributed by atoms with Gasteiger partial charge in [0.25, 0.3) is 0 Å². The molecule has 0 aliphatic heterocycles. The van der Waals surface area contributed by atoms with Crippen molar-refractivity contribution < 1.29 is 9.90 Å². The number of aliphatic carboxylic acids is 1. The molecule has 90 valence electrons. The molecule has 16 heavy (non-hydrogen) atoms. The zero-order valence-electron chi connectivity index (χ0n) is 9.00. The van der Waals surface area contributed by atoms with Crippen LogP contribution in [0.5, 0.6) is 0 Å². The summed E-state index contributed by atoms with van der Waals surface area (Å²) in [5.74, 6) is -0.839. The summed E-state index contributed by atoms with van der Waals surface area (Å²) in [5.41, 5.74) is 0. The summed E-state index contributed by atoms with van der Waals surface area (Å²) >= 11 is 7.35. The Kier molecular flexibility index (Phi) is 5.76. The maximum absolute atomic E-state index is 10.7. The Morgan fingerprint density at radius 3 is 2.88 bits per heavy atom. The van der Waals surface area contributed by atoms with Gasteiger partial charge in [0.2, 0.25) is 0 Å². The molecule has 1 aromatic rings. The number of carboxylic acids is 1. The molecule has 1 rings (SSSR count). The van der Waals surface area contributed by atoms with Crippen molar-refractivity contribution in [3.05, 3.63) is 21.3 Å². The minimum atomic E-state index is -0.839. The van der Waals surface area contributed by atoms with Crippen molar-refractivity contribution in [2.45, 2.75) is 12.5 Å². The average Bonchev–Trinajstić information content (AvgIpc) is 2.64. The number of halogens is 1. The van der Waals surface area contributed by atoms with Crippen molar-refractivity contribution >= 4 is 28.9 Å². The van der Waals surface area contributed by atoms with E-state index >= 15 is 0 Å². The third-order valence-corrected chi connectivity index (χ3v) is 3.46. The molecule has 0 aliphatic rings. The molecule has 1 unspecified atom stereocenters. The predicted octanol–water partition coefficient (Wildman–Crippen LogP) is 1.21. The maximum atomic E-state index is 10.7. The summed E-state index contributed by atoms with van der Waals surface area (Å²) in [7, 11) is 1.64. The first-order valence-corrected chi connectivity index (χ1v) is 6.18. The Bertz CT molecular complexity index is 343. The SMILES string of the molecule is CNC(CNCCc1ccc(Cl)s1)C(=O)O. The molecular weight excluding hydrogens is 248 g/mol. The van der Waals surface area contributed by atoms with Crippen molar-refractivity contribution in [1.82, 2.24) is 10.6 Å². The van der Waals surface area contributed by atoms with Gasteiger partial charge in [0.15, 0.2) is 0 Å². The molecular formula is C10H15ClN2O2S. The molecule has 1 heterocycles. The van der Waals surface area contributed by atoms with Gasteiger partial charge in [0, 0.05) is 18.0 Å². The number of rotatable bonds is 7. The maximum Gasteiger partial charge on any atom is 0.322 e. The van der Waals surface area contributed by atoms with E-state index < -0.39 is 12.0 Å². The van der Waals surface area contributed by atoms with Gasteiger partial charge >= 0.3 is 5.97 Å². The molecule has 4 nitrogen and oxygen atoms in total.